The first-order valence-corrected chi connectivity index (χ1v) is 11.6. The SMILES string of the molecule is O=C(C1CCCCC1)N1[C@@H](CO)[C@@H](c2ccccc2)C12CN(Cc1ccc(F)cc1)C2. The Hall–Kier alpha value is -2.24. The van der Waals surface area contributed by atoms with Crippen molar-refractivity contribution in [3.8, 4) is 0 Å². The fourth-order valence-electron chi connectivity index (χ4n) is 6.25. The van der Waals surface area contributed by atoms with Crippen molar-refractivity contribution in [1.29, 1.82) is 0 Å². The summed E-state index contributed by atoms with van der Waals surface area (Å²) >= 11 is 0. The van der Waals surface area contributed by atoms with Crippen LogP contribution in [0.3, 0.4) is 0 Å². The Morgan fingerprint density at radius 3 is 2.32 bits per heavy atom. The molecular weight excluding hydrogens is 391 g/mol. The number of nitrogens with zero attached hydrogens (tertiary/aromatic N) is 2. The number of hydrogen-bond donors (Lipinski definition) is 1. The molecule has 1 N–H and O–H groups in total. The monoisotopic (exact) mass is 422 g/mol. The summed E-state index contributed by atoms with van der Waals surface area (Å²) in [5, 5.41) is 10.3. The molecule has 0 aromatic heterocycles. The zero-order valence-corrected chi connectivity index (χ0v) is 17.9. The smallest absolute Gasteiger partial charge is 0.226 e. The zero-order chi connectivity index (χ0) is 21.4. The number of aliphatic hydroxyl groups is 1. The maximum atomic E-state index is 13.6. The first kappa shape index (κ1) is 20.7. The Labute approximate surface area is 183 Å². The Balaban J connectivity index is 1.39. The predicted octanol–water partition coefficient (Wildman–Crippen LogP) is 3.95. The van der Waals surface area contributed by atoms with E-state index in [1.807, 2.05) is 30.3 Å². The molecule has 3 aliphatic rings. The highest BCUT2D eigenvalue weighted by Gasteiger charge is 2.67. The topological polar surface area (TPSA) is 43.8 Å². The van der Waals surface area contributed by atoms with E-state index in [0.29, 0.717) is 0 Å². The van der Waals surface area contributed by atoms with Gasteiger partial charge < -0.3 is 10.0 Å². The minimum atomic E-state index is -0.247. The Morgan fingerprint density at radius 2 is 1.68 bits per heavy atom. The normalized spacial score (nSPS) is 25.8. The molecule has 5 rings (SSSR count). The van der Waals surface area contributed by atoms with Crippen LogP contribution in [0.1, 0.15) is 49.1 Å². The van der Waals surface area contributed by atoms with Gasteiger partial charge in [0, 0.05) is 31.5 Å². The van der Waals surface area contributed by atoms with Crippen LogP contribution in [-0.4, -0.2) is 52.1 Å². The summed E-state index contributed by atoms with van der Waals surface area (Å²) in [4.78, 5) is 18.0. The third kappa shape index (κ3) is 3.58. The van der Waals surface area contributed by atoms with Crippen LogP contribution in [0.4, 0.5) is 4.39 Å². The average Bonchev–Trinajstić information content (AvgIpc) is 2.77. The number of benzene rings is 2. The highest BCUT2D eigenvalue weighted by molar-refractivity contribution is 5.82. The molecule has 1 saturated carbocycles. The summed E-state index contributed by atoms with van der Waals surface area (Å²) in [5.74, 6) is 0.271. The molecule has 31 heavy (non-hydrogen) atoms. The molecule has 164 valence electrons. The van der Waals surface area contributed by atoms with Crippen molar-refractivity contribution >= 4 is 5.91 Å². The molecule has 0 bridgehead atoms. The Kier molecular flexibility index (Phi) is 5.57. The van der Waals surface area contributed by atoms with Gasteiger partial charge in [0.25, 0.3) is 0 Å². The van der Waals surface area contributed by atoms with Crippen LogP contribution in [0.25, 0.3) is 0 Å². The first-order chi connectivity index (χ1) is 15.1. The molecule has 2 saturated heterocycles. The first-order valence-electron chi connectivity index (χ1n) is 11.6. The lowest BCUT2D eigenvalue weighted by Crippen LogP contribution is -2.85. The lowest BCUT2D eigenvalue weighted by molar-refractivity contribution is -0.205. The van der Waals surface area contributed by atoms with Crippen molar-refractivity contribution in [2.75, 3.05) is 19.7 Å². The summed E-state index contributed by atoms with van der Waals surface area (Å²) in [7, 11) is 0. The van der Waals surface area contributed by atoms with E-state index in [9.17, 15) is 14.3 Å². The van der Waals surface area contributed by atoms with Crippen molar-refractivity contribution in [2.45, 2.75) is 56.1 Å². The molecule has 1 spiro atoms. The molecule has 2 aliphatic heterocycles. The number of aliphatic hydroxyl groups excluding tert-OH is 1. The minimum Gasteiger partial charge on any atom is -0.394 e. The van der Waals surface area contributed by atoms with Gasteiger partial charge in [0.15, 0.2) is 0 Å². The van der Waals surface area contributed by atoms with E-state index >= 15 is 0 Å². The van der Waals surface area contributed by atoms with Gasteiger partial charge in [-0.3, -0.25) is 9.69 Å². The van der Waals surface area contributed by atoms with Crippen molar-refractivity contribution in [2.24, 2.45) is 5.92 Å². The van der Waals surface area contributed by atoms with Gasteiger partial charge >= 0.3 is 0 Å². The summed E-state index contributed by atoms with van der Waals surface area (Å²) in [6, 6.07) is 16.9. The lowest BCUT2D eigenvalue weighted by Gasteiger charge is -2.71. The Bertz CT molecular complexity index is 905. The molecule has 2 aromatic carbocycles. The van der Waals surface area contributed by atoms with Gasteiger partial charge in [0.1, 0.15) is 5.82 Å². The molecule has 0 unspecified atom stereocenters. The molecule has 2 atom stereocenters. The number of carbonyl (C=O) groups is 1. The summed E-state index contributed by atoms with van der Waals surface area (Å²) < 4.78 is 13.3. The lowest BCUT2D eigenvalue weighted by atomic mass is 9.60. The maximum absolute atomic E-state index is 13.6. The van der Waals surface area contributed by atoms with E-state index in [4.69, 9.17) is 0 Å². The zero-order valence-electron chi connectivity index (χ0n) is 17.9. The second kappa shape index (κ2) is 8.36. The number of hydrogen-bond acceptors (Lipinski definition) is 3. The highest BCUT2D eigenvalue weighted by atomic mass is 19.1. The van der Waals surface area contributed by atoms with Gasteiger partial charge in [-0.1, -0.05) is 61.7 Å². The summed E-state index contributed by atoms with van der Waals surface area (Å²) in [6.45, 7) is 2.33. The van der Waals surface area contributed by atoms with Crippen molar-refractivity contribution in [3.05, 3.63) is 71.5 Å². The number of halogens is 1. The number of amides is 1. The molecular formula is C26H31FN2O2. The van der Waals surface area contributed by atoms with Gasteiger partial charge in [0.2, 0.25) is 5.91 Å². The third-order valence-corrected chi connectivity index (χ3v) is 7.63. The standard InChI is InChI=1S/C26H31FN2O2/c27-22-13-11-19(12-14-22)15-28-17-26(18-28)24(20-7-3-1-4-8-20)23(16-30)29(26)25(31)21-9-5-2-6-10-21/h1,3-4,7-8,11-14,21,23-24,30H,2,5-6,9-10,15-18H2/t23-,24+/m0/s1. The summed E-state index contributed by atoms with van der Waals surface area (Å²) in [5.41, 5.74) is 2.04. The van der Waals surface area contributed by atoms with Crippen molar-refractivity contribution in [3.63, 3.8) is 0 Å². The van der Waals surface area contributed by atoms with Gasteiger partial charge in [-0.15, -0.1) is 0 Å². The maximum Gasteiger partial charge on any atom is 0.226 e. The Morgan fingerprint density at radius 1 is 1.00 bits per heavy atom. The van der Waals surface area contributed by atoms with Crippen molar-refractivity contribution < 1.29 is 14.3 Å². The van der Waals surface area contributed by atoms with E-state index < -0.39 is 0 Å². The average molecular weight is 423 g/mol. The van der Waals surface area contributed by atoms with Crippen LogP contribution in [0.15, 0.2) is 54.6 Å². The molecule has 4 nitrogen and oxygen atoms in total. The number of carbonyl (C=O) groups excluding carboxylic acids is 1. The van der Waals surface area contributed by atoms with E-state index in [1.165, 1.54) is 24.1 Å². The van der Waals surface area contributed by atoms with Gasteiger partial charge in [-0.05, 0) is 36.1 Å². The molecule has 1 aliphatic carbocycles. The van der Waals surface area contributed by atoms with E-state index in [1.54, 1.807) is 0 Å². The molecule has 1 amide bonds. The molecule has 2 aromatic rings. The minimum absolute atomic E-state index is 0.00225. The van der Waals surface area contributed by atoms with E-state index in [2.05, 4.69) is 21.9 Å². The second-order valence-electron chi connectivity index (χ2n) is 9.56. The summed E-state index contributed by atoms with van der Waals surface area (Å²) in [6.07, 6.45) is 5.41. The number of likely N-dealkylation sites (tertiary alicyclic amines) is 2. The van der Waals surface area contributed by atoms with Crippen LogP contribution in [0.5, 0.6) is 0 Å². The van der Waals surface area contributed by atoms with Crippen LogP contribution in [0.2, 0.25) is 0 Å². The fraction of sp³-hybridized carbons (Fsp3) is 0.500. The van der Waals surface area contributed by atoms with Gasteiger partial charge in [-0.25, -0.2) is 4.39 Å². The molecule has 2 heterocycles. The molecule has 5 heteroatoms. The largest absolute Gasteiger partial charge is 0.394 e. The van der Waals surface area contributed by atoms with E-state index in [-0.39, 0.29) is 41.7 Å². The third-order valence-electron chi connectivity index (χ3n) is 7.63. The van der Waals surface area contributed by atoms with Crippen LogP contribution >= 0.6 is 0 Å². The van der Waals surface area contributed by atoms with Gasteiger partial charge in [-0.2, -0.15) is 0 Å². The van der Waals surface area contributed by atoms with Crippen LogP contribution in [0, 0.1) is 11.7 Å². The number of rotatable bonds is 5. The van der Waals surface area contributed by atoms with E-state index in [0.717, 1.165) is 50.9 Å². The second-order valence-corrected chi connectivity index (χ2v) is 9.56. The quantitative estimate of drug-likeness (QED) is 0.794. The molecule has 0 radical (unpaired) electrons. The molecule has 3 fully saturated rings. The van der Waals surface area contributed by atoms with Crippen LogP contribution in [-0.2, 0) is 11.3 Å². The highest BCUT2D eigenvalue weighted by Crippen LogP contribution is 2.55. The van der Waals surface area contributed by atoms with Crippen LogP contribution < -0.4 is 0 Å². The van der Waals surface area contributed by atoms with Gasteiger partial charge in [0.05, 0.1) is 18.2 Å². The predicted molar refractivity (Wildman–Crippen MR) is 118 cm³/mol. The fourth-order valence-corrected chi connectivity index (χ4v) is 6.25. The van der Waals surface area contributed by atoms with Crippen molar-refractivity contribution in [1.82, 2.24) is 9.80 Å².